The first-order valence-corrected chi connectivity index (χ1v) is 4.39. The molecule has 2 bridgehead atoms. The highest BCUT2D eigenvalue weighted by Gasteiger charge is 2.56. The lowest BCUT2D eigenvalue weighted by Crippen LogP contribution is -2.35. The Kier molecular flexibility index (Phi) is 0.862. The molecule has 0 nitrogen and oxygen atoms in total. The van der Waals surface area contributed by atoms with Gasteiger partial charge in [0, 0.05) is 3.42 Å². The Balaban J connectivity index is 2.22. The topological polar surface area (TPSA) is 0 Å². The lowest BCUT2D eigenvalue weighted by molar-refractivity contribution is 0.206. The monoisotopic (exact) mass is 222 g/mol. The van der Waals surface area contributed by atoms with E-state index in [-0.39, 0.29) is 0 Å². The zero-order chi connectivity index (χ0) is 5.83. The van der Waals surface area contributed by atoms with Gasteiger partial charge in [-0.3, -0.25) is 0 Å². The minimum Gasteiger partial charge on any atom is -0.0788 e. The first-order valence-electron chi connectivity index (χ1n) is 3.31. The molecular weight excluding hydrogens is 211 g/mol. The van der Waals surface area contributed by atoms with E-state index in [0.717, 1.165) is 8.84 Å². The number of fused-ring (bicyclic) bond motifs is 1. The van der Waals surface area contributed by atoms with Gasteiger partial charge in [0.15, 0.2) is 0 Å². The van der Waals surface area contributed by atoms with Gasteiger partial charge in [-0.05, 0) is 31.1 Å². The van der Waals surface area contributed by atoms with E-state index in [0.29, 0.717) is 0 Å². The molecule has 0 spiro atoms. The van der Waals surface area contributed by atoms with Crippen LogP contribution in [0.1, 0.15) is 32.6 Å². The van der Waals surface area contributed by atoms with Crippen LogP contribution in [0, 0.1) is 5.41 Å². The molecule has 3 aliphatic rings. The fourth-order valence-electron chi connectivity index (χ4n) is 2.36. The summed E-state index contributed by atoms with van der Waals surface area (Å²) in [4.78, 5) is 0. The Hall–Kier alpha value is 0.730. The highest BCUT2D eigenvalue weighted by atomic mass is 127. The molecule has 3 saturated carbocycles. The molecule has 0 N–H and O–H groups in total. The van der Waals surface area contributed by atoms with Crippen LogP contribution in [0.5, 0.6) is 0 Å². The summed E-state index contributed by atoms with van der Waals surface area (Å²) in [5.41, 5.74) is 0.793. The van der Waals surface area contributed by atoms with Crippen LogP contribution < -0.4 is 0 Å². The summed E-state index contributed by atoms with van der Waals surface area (Å²) in [7, 11) is 0. The maximum atomic E-state index is 2.64. The maximum Gasteiger partial charge on any atom is 0.0233 e. The zero-order valence-corrected chi connectivity index (χ0v) is 7.36. The summed E-state index contributed by atoms with van der Waals surface area (Å²) in [6, 6.07) is 0. The van der Waals surface area contributed by atoms with Crippen LogP contribution in [-0.4, -0.2) is 3.42 Å². The van der Waals surface area contributed by atoms with Crippen LogP contribution in [0.4, 0.5) is 0 Å². The summed E-state index contributed by atoms with van der Waals surface area (Å²) in [5, 5.41) is 0. The van der Waals surface area contributed by atoms with E-state index < -0.39 is 0 Å². The molecule has 0 saturated heterocycles. The lowest BCUT2D eigenvalue weighted by Gasteiger charge is -2.41. The molecule has 1 heteroatoms. The highest BCUT2D eigenvalue weighted by molar-refractivity contribution is 14.1. The number of rotatable bonds is 0. The van der Waals surface area contributed by atoms with Crippen LogP contribution in [0.3, 0.4) is 0 Å². The molecule has 0 radical (unpaired) electrons. The van der Waals surface area contributed by atoms with Crippen LogP contribution in [0.2, 0.25) is 0 Å². The van der Waals surface area contributed by atoms with E-state index in [2.05, 4.69) is 29.5 Å². The third-order valence-electron chi connectivity index (χ3n) is 2.66. The van der Waals surface area contributed by atoms with Crippen LogP contribution in [0.15, 0.2) is 0 Å². The minimum absolute atomic E-state index is 0.770. The van der Waals surface area contributed by atoms with Crippen molar-refractivity contribution >= 4 is 22.6 Å². The van der Waals surface area contributed by atoms with Crippen LogP contribution in [0.25, 0.3) is 0 Å². The normalized spacial score (nSPS) is 60.8. The number of halogens is 1. The Morgan fingerprint density at radius 3 is 2.00 bits per heavy atom. The summed E-state index contributed by atoms with van der Waals surface area (Å²) in [6.45, 7) is 2.43. The average molecular weight is 222 g/mol. The van der Waals surface area contributed by atoms with Gasteiger partial charge < -0.3 is 0 Å². The third-order valence-corrected chi connectivity index (χ3v) is 3.97. The van der Waals surface area contributed by atoms with Gasteiger partial charge in [-0.2, -0.15) is 0 Å². The van der Waals surface area contributed by atoms with Crippen molar-refractivity contribution in [1.29, 1.82) is 0 Å². The van der Waals surface area contributed by atoms with Crippen LogP contribution in [-0.2, 0) is 0 Å². The van der Waals surface area contributed by atoms with Gasteiger partial charge in [-0.1, -0.05) is 29.5 Å². The van der Waals surface area contributed by atoms with Crippen molar-refractivity contribution in [3.8, 4) is 0 Å². The molecule has 0 aromatic rings. The quantitative estimate of drug-likeness (QED) is 0.436. The van der Waals surface area contributed by atoms with Gasteiger partial charge in [0.1, 0.15) is 0 Å². The van der Waals surface area contributed by atoms with E-state index in [9.17, 15) is 0 Å². The predicted molar refractivity (Wildman–Crippen MR) is 43.3 cm³/mol. The zero-order valence-electron chi connectivity index (χ0n) is 5.21. The Bertz CT molecular complexity index is 108. The molecule has 0 aliphatic heterocycles. The van der Waals surface area contributed by atoms with Gasteiger partial charge in [0.2, 0.25) is 0 Å². The molecule has 0 heterocycles. The van der Waals surface area contributed by atoms with Gasteiger partial charge in [-0.15, -0.1) is 0 Å². The molecule has 0 aromatic heterocycles. The number of alkyl halides is 1. The van der Waals surface area contributed by atoms with E-state index in [1.807, 2.05) is 0 Å². The molecule has 3 rings (SSSR count). The molecule has 8 heavy (non-hydrogen) atoms. The van der Waals surface area contributed by atoms with Gasteiger partial charge >= 0.3 is 0 Å². The van der Waals surface area contributed by atoms with E-state index in [4.69, 9.17) is 0 Å². The molecule has 0 unspecified atom stereocenters. The second kappa shape index (κ2) is 1.25. The smallest absolute Gasteiger partial charge is 0.0233 e. The average Bonchev–Trinajstić information content (AvgIpc) is 1.88. The first-order chi connectivity index (χ1) is 3.62. The van der Waals surface area contributed by atoms with Crippen molar-refractivity contribution in [2.75, 3.05) is 0 Å². The van der Waals surface area contributed by atoms with Gasteiger partial charge in [-0.25, -0.2) is 0 Å². The largest absolute Gasteiger partial charge is 0.0788 e. The standard InChI is InChI=1S/C7H11I/c1-6-2-3-7(8,4-6)5-6/h2-5H2,1H3. The van der Waals surface area contributed by atoms with E-state index in [1.165, 1.54) is 25.7 Å². The van der Waals surface area contributed by atoms with Crippen molar-refractivity contribution in [3.63, 3.8) is 0 Å². The predicted octanol–water partition coefficient (Wildman–Crippen LogP) is 2.75. The van der Waals surface area contributed by atoms with Gasteiger partial charge in [0.05, 0.1) is 0 Å². The second-order valence-corrected chi connectivity index (χ2v) is 6.10. The molecule has 46 valence electrons. The van der Waals surface area contributed by atoms with Gasteiger partial charge in [0.25, 0.3) is 0 Å². The fraction of sp³-hybridized carbons (Fsp3) is 1.00. The number of hydrogen-bond acceptors (Lipinski definition) is 0. The lowest BCUT2D eigenvalue weighted by atomic mass is 9.71. The minimum atomic E-state index is 0.770. The van der Waals surface area contributed by atoms with Crippen molar-refractivity contribution in [2.24, 2.45) is 5.41 Å². The second-order valence-electron chi connectivity index (χ2n) is 3.82. The molecule has 0 atom stereocenters. The highest BCUT2D eigenvalue weighted by Crippen LogP contribution is 2.65. The third kappa shape index (κ3) is 0.568. The summed E-state index contributed by atoms with van der Waals surface area (Å²) in [6.07, 6.45) is 5.99. The van der Waals surface area contributed by atoms with Crippen LogP contribution >= 0.6 is 22.6 Å². The van der Waals surface area contributed by atoms with Crippen molar-refractivity contribution < 1.29 is 0 Å². The molecule has 0 amide bonds. The number of hydrogen-bond donors (Lipinski definition) is 0. The Labute approximate surface area is 64.2 Å². The molecular formula is C7H11I. The van der Waals surface area contributed by atoms with Crippen molar-refractivity contribution in [2.45, 2.75) is 36.0 Å². The van der Waals surface area contributed by atoms with Crippen molar-refractivity contribution in [3.05, 3.63) is 0 Å². The maximum absolute atomic E-state index is 2.64. The Morgan fingerprint density at radius 1 is 1.25 bits per heavy atom. The van der Waals surface area contributed by atoms with E-state index >= 15 is 0 Å². The molecule has 3 fully saturated rings. The molecule has 3 aliphatic carbocycles. The Morgan fingerprint density at radius 2 is 1.88 bits per heavy atom. The summed E-state index contributed by atoms with van der Waals surface area (Å²) >= 11 is 2.64. The SMILES string of the molecule is CC12CCC(I)(C1)C2. The van der Waals surface area contributed by atoms with Crippen molar-refractivity contribution in [1.82, 2.24) is 0 Å². The summed E-state index contributed by atoms with van der Waals surface area (Å²) in [5.74, 6) is 0. The fourth-order valence-corrected chi connectivity index (χ4v) is 4.47. The summed E-state index contributed by atoms with van der Waals surface area (Å²) < 4.78 is 0.770. The first kappa shape index (κ1) is 5.51. The van der Waals surface area contributed by atoms with E-state index in [1.54, 1.807) is 0 Å². The molecule has 0 aromatic carbocycles.